The Morgan fingerprint density at radius 1 is 1.54 bits per heavy atom. The molecule has 1 amide bonds. The van der Waals surface area contributed by atoms with Gasteiger partial charge in [-0.2, -0.15) is 0 Å². The Kier molecular flexibility index (Phi) is 3.96. The Bertz CT molecular complexity index is 280. The van der Waals surface area contributed by atoms with Gasteiger partial charge < -0.3 is 5.73 Å². The first-order chi connectivity index (χ1) is 6.24. The van der Waals surface area contributed by atoms with E-state index in [2.05, 4.69) is 6.92 Å². The number of amides is 1. The molecule has 72 valence electrons. The molecule has 0 bridgehead atoms. The Morgan fingerprint density at radius 2 is 2.31 bits per heavy atom. The topological polar surface area (TPSA) is 43.1 Å². The van der Waals surface area contributed by atoms with Crippen molar-refractivity contribution < 1.29 is 4.79 Å². The van der Waals surface area contributed by atoms with Crippen molar-refractivity contribution in [2.24, 2.45) is 5.73 Å². The molecule has 0 saturated carbocycles. The fourth-order valence-corrected chi connectivity index (χ4v) is 2.11. The summed E-state index contributed by atoms with van der Waals surface area (Å²) in [5, 5.41) is 1.84. The first-order valence-electron chi connectivity index (χ1n) is 4.61. The highest BCUT2D eigenvalue weighted by Crippen LogP contribution is 2.16. The summed E-state index contributed by atoms with van der Waals surface area (Å²) in [7, 11) is 0. The zero-order chi connectivity index (χ0) is 9.68. The van der Waals surface area contributed by atoms with Crippen LogP contribution in [0.2, 0.25) is 0 Å². The van der Waals surface area contributed by atoms with E-state index in [4.69, 9.17) is 5.73 Å². The minimum Gasteiger partial charge on any atom is -0.366 e. The van der Waals surface area contributed by atoms with Gasteiger partial charge in [-0.3, -0.25) is 4.79 Å². The van der Waals surface area contributed by atoms with Crippen molar-refractivity contribution in [3.05, 3.63) is 21.9 Å². The van der Waals surface area contributed by atoms with Gasteiger partial charge in [0.2, 0.25) is 5.91 Å². The third-order valence-corrected chi connectivity index (χ3v) is 2.96. The van der Waals surface area contributed by atoms with Gasteiger partial charge in [-0.1, -0.05) is 19.8 Å². The predicted molar refractivity (Wildman–Crippen MR) is 56.1 cm³/mol. The number of thiophene rings is 1. The summed E-state index contributed by atoms with van der Waals surface area (Å²) in [4.78, 5) is 12.0. The Balaban J connectivity index is 2.44. The van der Waals surface area contributed by atoms with Gasteiger partial charge in [0.25, 0.3) is 0 Å². The molecule has 0 unspecified atom stereocenters. The van der Waals surface area contributed by atoms with Crippen LogP contribution in [-0.4, -0.2) is 5.91 Å². The van der Waals surface area contributed by atoms with Crippen LogP contribution in [0.4, 0.5) is 0 Å². The van der Waals surface area contributed by atoms with E-state index in [0.29, 0.717) is 5.56 Å². The van der Waals surface area contributed by atoms with E-state index in [1.165, 1.54) is 24.1 Å². The van der Waals surface area contributed by atoms with Crippen molar-refractivity contribution in [1.82, 2.24) is 0 Å². The molecule has 0 aliphatic heterocycles. The average Bonchev–Trinajstić information content (AvgIpc) is 2.53. The lowest BCUT2D eigenvalue weighted by molar-refractivity contribution is 0.100. The van der Waals surface area contributed by atoms with Crippen molar-refractivity contribution in [3.8, 4) is 0 Å². The number of aryl methyl sites for hydroxylation is 1. The molecular weight excluding hydrogens is 182 g/mol. The fraction of sp³-hybridized carbons (Fsp3) is 0.500. The van der Waals surface area contributed by atoms with Crippen LogP contribution >= 0.6 is 11.3 Å². The number of unbranched alkanes of at least 4 members (excludes halogenated alkanes) is 2. The van der Waals surface area contributed by atoms with Crippen LogP contribution in [-0.2, 0) is 6.42 Å². The second-order valence-corrected chi connectivity index (χ2v) is 4.12. The molecule has 0 saturated heterocycles. The summed E-state index contributed by atoms with van der Waals surface area (Å²) in [5.41, 5.74) is 5.80. The first-order valence-corrected chi connectivity index (χ1v) is 5.49. The van der Waals surface area contributed by atoms with Crippen LogP contribution in [0.1, 0.15) is 41.4 Å². The minimum absolute atomic E-state index is 0.321. The summed E-state index contributed by atoms with van der Waals surface area (Å²) in [6.07, 6.45) is 4.76. The molecule has 0 atom stereocenters. The number of hydrogen-bond donors (Lipinski definition) is 1. The van der Waals surface area contributed by atoms with Crippen molar-refractivity contribution >= 4 is 17.2 Å². The Morgan fingerprint density at radius 3 is 2.85 bits per heavy atom. The Labute approximate surface area is 82.8 Å². The molecule has 0 spiro atoms. The van der Waals surface area contributed by atoms with Crippen molar-refractivity contribution in [3.63, 3.8) is 0 Å². The van der Waals surface area contributed by atoms with Gasteiger partial charge in [0, 0.05) is 10.3 Å². The molecule has 3 heteroatoms. The van der Waals surface area contributed by atoms with Gasteiger partial charge in [0.05, 0.1) is 5.56 Å². The maximum atomic E-state index is 10.8. The molecular formula is C10H15NOS. The van der Waals surface area contributed by atoms with Gasteiger partial charge in [-0.25, -0.2) is 0 Å². The van der Waals surface area contributed by atoms with Gasteiger partial charge >= 0.3 is 0 Å². The van der Waals surface area contributed by atoms with E-state index in [1.54, 1.807) is 11.3 Å². The number of hydrogen-bond acceptors (Lipinski definition) is 2. The van der Waals surface area contributed by atoms with Gasteiger partial charge in [-0.05, 0) is 18.9 Å². The van der Waals surface area contributed by atoms with Crippen LogP contribution in [0.25, 0.3) is 0 Å². The highest BCUT2D eigenvalue weighted by molar-refractivity contribution is 7.10. The second kappa shape index (κ2) is 5.02. The van der Waals surface area contributed by atoms with Gasteiger partial charge in [0.15, 0.2) is 0 Å². The maximum Gasteiger partial charge on any atom is 0.249 e. The summed E-state index contributed by atoms with van der Waals surface area (Å²) in [6.45, 7) is 2.18. The smallest absolute Gasteiger partial charge is 0.249 e. The zero-order valence-corrected chi connectivity index (χ0v) is 8.69. The molecule has 13 heavy (non-hydrogen) atoms. The van der Waals surface area contributed by atoms with Crippen LogP contribution in [0.5, 0.6) is 0 Å². The Hall–Kier alpha value is -0.830. The lowest BCUT2D eigenvalue weighted by atomic mass is 10.2. The summed E-state index contributed by atoms with van der Waals surface area (Å²) in [6, 6.07) is 1.91. The predicted octanol–water partition coefficient (Wildman–Crippen LogP) is 2.58. The molecule has 0 aromatic carbocycles. The normalized spacial score (nSPS) is 10.2. The van der Waals surface area contributed by atoms with Crippen LogP contribution in [0.3, 0.4) is 0 Å². The lowest BCUT2D eigenvalue weighted by Crippen LogP contribution is -2.09. The molecule has 0 aliphatic carbocycles. The van der Waals surface area contributed by atoms with Gasteiger partial charge in [0.1, 0.15) is 0 Å². The zero-order valence-electron chi connectivity index (χ0n) is 7.88. The fourth-order valence-electron chi connectivity index (χ4n) is 1.19. The summed E-state index contributed by atoms with van der Waals surface area (Å²) >= 11 is 1.63. The van der Waals surface area contributed by atoms with Gasteiger partial charge in [-0.15, -0.1) is 11.3 Å². The number of rotatable bonds is 5. The standard InChI is InChI=1S/C10H15NOS/c1-2-3-4-5-9-6-8(7-13-9)10(11)12/h6-7H,2-5H2,1H3,(H2,11,12). The third-order valence-electron chi connectivity index (χ3n) is 1.97. The number of carbonyl (C=O) groups is 1. The van der Waals surface area contributed by atoms with E-state index in [-0.39, 0.29) is 5.91 Å². The SMILES string of the molecule is CCCCCc1cc(C(N)=O)cs1. The highest BCUT2D eigenvalue weighted by Gasteiger charge is 2.03. The van der Waals surface area contributed by atoms with E-state index >= 15 is 0 Å². The third kappa shape index (κ3) is 3.19. The molecule has 1 rings (SSSR count). The summed E-state index contributed by atoms with van der Waals surface area (Å²) < 4.78 is 0. The van der Waals surface area contributed by atoms with Crippen molar-refractivity contribution in [1.29, 1.82) is 0 Å². The second-order valence-electron chi connectivity index (χ2n) is 3.12. The number of primary amides is 1. The summed E-state index contributed by atoms with van der Waals surface area (Å²) in [5.74, 6) is -0.321. The molecule has 0 aliphatic rings. The molecule has 1 aromatic rings. The highest BCUT2D eigenvalue weighted by atomic mass is 32.1. The molecule has 1 aromatic heterocycles. The van der Waals surface area contributed by atoms with Crippen molar-refractivity contribution in [2.45, 2.75) is 32.6 Å². The quantitative estimate of drug-likeness (QED) is 0.724. The van der Waals surface area contributed by atoms with E-state index < -0.39 is 0 Å². The maximum absolute atomic E-state index is 10.8. The molecule has 2 nitrogen and oxygen atoms in total. The first kappa shape index (κ1) is 10.3. The lowest BCUT2D eigenvalue weighted by Gasteiger charge is -1.94. The van der Waals surface area contributed by atoms with E-state index in [1.807, 2.05) is 11.4 Å². The van der Waals surface area contributed by atoms with E-state index in [0.717, 1.165) is 6.42 Å². The number of carbonyl (C=O) groups excluding carboxylic acids is 1. The average molecular weight is 197 g/mol. The number of nitrogens with two attached hydrogens (primary N) is 1. The molecule has 2 N–H and O–H groups in total. The van der Waals surface area contributed by atoms with Crippen molar-refractivity contribution in [2.75, 3.05) is 0 Å². The molecule has 0 fully saturated rings. The minimum atomic E-state index is -0.321. The molecule has 1 heterocycles. The van der Waals surface area contributed by atoms with Crippen LogP contribution in [0.15, 0.2) is 11.4 Å². The van der Waals surface area contributed by atoms with Crippen LogP contribution < -0.4 is 5.73 Å². The van der Waals surface area contributed by atoms with Crippen LogP contribution in [0, 0.1) is 0 Å². The van der Waals surface area contributed by atoms with E-state index in [9.17, 15) is 4.79 Å². The largest absolute Gasteiger partial charge is 0.366 e. The molecule has 0 radical (unpaired) electrons. The monoisotopic (exact) mass is 197 g/mol.